The molecule has 5 atom stereocenters. The van der Waals surface area contributed by atoms with Crippen LogP contribution in [0.5, 0.6) is 0 Å². The van der Waals surface area contributed by atoms with E-state index in [0.717, 1.165) is 17.8 Å². The maximum absolute atomic E-state index is 2.76. The molecule has 62 heavy (non-hydrogen) atoms. The van der Waals surface area contributed by atoms with E-state index >= 15 is 0 Å². The van der Waals surface area contributed by atoms with E-state index in [1.54, 1.807) is 25.7 Å². The first kappa shape index (κ1) is 62.0. The zero-order chi connectivity index (χ0) is 46.1. The number of hydrogen-bond acceptors (Lipinski definition) is 0. The van der Waals surface area contributed by atoms with E-state index in [-0.39, 0.29) is 0 Å². The Balaban J connectivity index is 7.76. The van der Waals surface area contributed by atoms with Gasteiger partial charge in [-0.3, -0.25) is 0 Å². The first-order valence-corrected chi connectivity index (χ1v) is 30.0. The van der Waals surface area contributed by atoms with Gasteiger partial charge < -0.3 is 0 Å². The van der Waals surface area contributed by atoms with Crippen molar-refractivity contribution in [1.29, 1.82) is 0 Å². The zero-order valence-electron chi connectivity index (χ0n) is 46.1. The second-order valence-corrected chi connectivity index (χ2v) is 23.6. The Hall–Kier alpha value is 0. The molecule has 0 bridgehead atoms. The highest BCUT2D eigenvalue weighted by atomic mass is 14.6. The minimum Gasteiger partial charge on any atom is -0.0654 e. The van der Waals surface area contributed by atoms with E-state index in [2.05, 4.69) is 76.2 Å². The van der Waals surface area contributed by atoms with Gasteiger partial charge in [0.05, 0.1) is 0 Å². The van der Waals surface area contributed by atoms with Gasteiger partial charge in [-0.25, -0.2) is 0 Å². The fraction of sp³-hybridized carbons (Fsp3) is 1.00. The molecule has 0 rings (SSSR count). The van der Waals surface area contributed by atoms with Crippen LogP contribution in [0.3, 0.4) is 0 Å². The van der Waals surface area contributed by atoms with Crippen LogP contribution in [0.4, 0.5) is 0 Å². The van der Waals surface area contributed by atoms with Crippen molar-refractivity contribution in [2.24, 2.45) is 34.0 Å². The van der Waals surface area contributed by atoms with Gasteiger partial charge in [0.1, 0.15) is 0 Å². The first-order chi connectivity index (χ1) is 30.0. The van der Waals surface area contributed by atoms with Crippen LogP contribution in [0.1, 0.15) is 365 Å². The van der Waals surface area contributed by atoms with Gasteiger partial charge in [-0.15, -0.1) is 0 Å². The molecule has 0 saturated carbocycles. The lowest BCUT2D eigenvalue weighted by Gasteiger charge is -2.59. The normalized spacial score (nSPS) is 15.7. The van der Waals surface area contributed by atoms with Crippen LogP contribution < -0.4 is 0 Å². The topological polar surface area (TPSA) is 0 Å². The van der Waals surface area contributed by atoms with Gasteiger partial charge in [0, 0.05) is 0 Å². The predicted molar refractivity (Wildman–Crippen MR) is 288 cm³/mol. The highest BCUT2D eigenvalue weighted by Crippen LogP contribution is 2.64. The molecule has 0 nitrogen and oxygen atoms in total. The third-order valence-electron chi connectivity index (χ3n) is 16.3. The molecule has 0 aromatic heterocycles. The fourth-order valence-electron chi connectivity index (χ4n) is 12.9. The Morgan fingerprint density at radius 3 is 0.919 bits per heavy atom. The molecule has 374 valence electrons. The van der Waals surface area contributed by atoms with Gasteiger partial charge in [0.2, 0.25) is 0 Å². The molecule has 0 aliphatic heterocycles. The van der Waals surface area contributed by atoms with Crippen LogP contribution in [0.25, 0.3) is 0 Å². The van der Waals surface area contributed by atoms with Crippen molar-refractivity contribution in [3.8, 4) is 0 Å². The minimum atomic E-state index is 0.393. The molecule has 0 fully saturated rings. The number of rotatable bonds is 49. The van der Waals surface area contributed by atoms with E-state index in [9.17, 15) is 0 Å². The lowest BCUT2D eigenvalue weighted by atomic mass is 9.46. The Labute approximate surface area is 397 Å². The smallest absolute Gasteiger partial charge is 0.0208 e. The quantitative estimate of drug-likeness (QED) is 0.0535. The summed E-state index contributed by atoms with van der Waals surface area (Å²) in [4.78, 5) is 0. The SMILES string of the molecule is CCCCCCCCCCC(CCCCCCCC)(CCCCCCCCC)C(CC(C)CC(C)(C)C)(CC(CC)CCCC)C(CCCCCCC)CCCCCCCCC. The molecule has 0 amide bonds. The summed E-state index contributed by atoms with van der Waals surface area (Å²) >= 11 is 0. The van der Waals surface area contributed by atoms with Crippen molar-refractivity contribution in [2.75, 3.05) is 0 Å². The van der Waals surface area contributed by atoms with E-state index in [0.29, 0.717) is 16.2 Å². The summed E-state index contributed by atoms with van der Waals surface area (Å²) in [7, 11) is 0. The monoisotopic (exact) mass is 871 g/mol. The molecule has 0 spiro atoms. The van der Waals surface area contributed by atoms with Crippen molar-refractivity contribution in [1.82, 2.24) is 0 Å². The molecule has 0 aromatic carbocycles. The summed E-state index contributed by atoms with van der Waals surface area (Å²) in [5.41, 5.74) is 1.35. The van der Waals surface area contributed by atoms with Crippen molar-refractivity contribution in [3.05, 3.63) is 0 Å². The molecule has 0 aromatic rings. The standard InChI is InChI=1S/C62H126/c1-12-19-25-30-34-37-42-47-53-61(51-45-40-33-28-22-15-4,52-46-41-36-32-27-21-14-3)62(55-57(8)54-60(9,10)11,56-58(18-7)48-24-17-6)59(49-43-38-29-23-16-5)50-44-39-35-31-26-20-13-2/h57-59H,12-56H2,1-11H3. The second kappa shape index (κ2) is 42.4. The van der Waals surface area contributed by atoms with Crippen LogP contribution in [0, 0.1) is 34.0 Å². The second-order valence-electron chi connectivity index (χ2n) is 23.6. The Kier molecular flexibility index (Phi) is 42.4. The third-order valence-corrected chi connectivity index (χ3v) is 16.3. The van der Waals surface area contributed by atoms with Crippen LogP contribution in [-0.2, 0) is 0 Å². The molecule has 0 heteroatoms. The Bertz CT molecular complexity index is 879. The zero-order valence-corrected chi connectivity index (χ0v) is 46.1. The van der Waals surface area contributed by atoms with Crippen LogP contribution in [-0.4, -0.2) is 0 Å². The maximum Gasteiger partial charge on any atom is -0.0208 e. The highest BCUT2D eigenvalue weighted by molar-refractivity contribution is 5.04. The van der Waals surface area contributed by atoms with E-state index in [4.69, 9.17) is 0 Å². The first-order valence-electron chi connectivity index (χ1n) is 30.0. The van der Waals surface area contributed by atoms with Crippen molar-refractivity contribution in [3.63, 3.8) is 0 Å². The molecular formula is C62H126. The van der Waals surface area contributed by atoms with Gasteiger partial charge in [-0.2, -0.15) is 0 Å². The molecule has 0 heterocycles. The van der Waals surface area contributed by atoms with Crippen LogP contribution in [0.15, 0.2) is 0 Å². The largest absolute Gasteiger partial charge is 0.0654 e. The molecule has 0 aliphatic carbocycles. The fourth-order valence-corrected chi connectivity index (χ4v) is 12.9. The Morgan fingerprint density at radius 1 is 0.306 bits per heavy atom. The molecule has 0 N–H and O–H groups in total. The Morgan fingerprint density at radius 2 is 0.613 bits per heavy atom. The van der Waals surface area contributed by atoms with Gasteiger partial charge in [0.15, 0.2) is 0 Å². The summed E-state index contributed by atoms with van der Waals surface area (Å²) in [6.07, 6.45) is 65.8. The van der Waals surface area contributed by atoms with Crippen LogP contribution >= 0.6 is 0 Å². The summed E-state index contributed by atoms with van der Waals surface area (Å²) in [6.45, 7) is 27.5. The lowest BCUT2D eigenvalue weighted by Crippen LogP contribution is -2.50. The van der Waals surface area contributed by atoms with E-state index in [1.165, 1.54) is 263 Å². The average molecular weight is 872 g/mol. The summed E-state index contributed by atoms with van der Waals surface area (Å²) in [5.74, 6) is 2.59. The lowest BCUT2D eigenvalue weighted by molar-refractivity contribution is -0.0955. The summed E-state index contributed by atoms with van der Waals surface area (Å²) < 4.78 is 0. The molecule has 0 radical (unpaired) electrons. The molecular weight excluding hydrogens is 745 g/mol. The van der Waals surface area contributed by atoms with Crippen molar-refractivity contribution >= 4 is 0 Å². The van der Waals surface area contributed by atoms with Gasteiger partial charge >= 0.3 is 0 Å². The number of unbranched alkanes of at least 4 members (excludes halogenated alkanes) is 29. The maximum atomic E-state index is 2.76. The van der Waals surface area contributed by atoms with Crippen molar-refractivity contribution in [2.45, 2.75) is 365 Å². The highest BCUT2D eigenvalue weighted by Gasteiger charge is 2.54. The molecule has 0 aliphatic rings. The predicted octanol–water partition coefficient (Wildman–Crippen LogP) is 23.6. The summed E-state index contributed by atoms with van der Waals surface area (Å²) in [6, 6.07) is 0. The van der Waals surface area contributed by atoms with E-state index < -0.39 is 0 Å². The van der Waals surface area contributed by atoms with Crippen LogP contribution in [0.2, 0.25) is 0 Å². The average Bonchev–Trinajstić information content (AvgIpc) is 3.24. The van der Waals surface area contributed by atoms with Gasteiger partial charge in [-0.05, 0) is 85.4 Å². The third kappa shape index (κ3) is 31.1. The van der Waals surface area contributed by atoms with Crippen molar-refractivity contribution < 1.29 is 0 Å². The van der Waals surface area contributed by atoms with Gasteiger partial charge in [0.25, 0.3) is 0 Å². The van der Waals surface area contributed by atoms with E-state index in [1.807, 2.05) is 0 Å². The summed E-state index contributed by atoms with van der Waals surface area (Å²) in [5, 5.41) is 0. The minimum absolute atomic E-state index is 0.393. The molecule has 5 unspecified atom stereocenters. The molecule has 0 saturated heterocycles. The van der Waals surface area contributed by atoms with Gasteiger partial charge in [-0.1, -0.05) is 314 Å². The number of hydrogen-bond donors (Lipinski definition) is 0.